The Bertz CT molecular complexity index is 983. The fraction of sp³-hybridized carbons (Fsp3) is 0.333. The Morgan fingerprint density at radius 2 is 2.10 bits per heavy atom. The van der Waals surface area contributed by atoms with E-state index in [1.807, 2.05) is 54.3 Å². The summed E-state index contributed by atoms with van der Waals surface area (Å²) in [6, 6.07) is 13.1. The molecule has 29 heavy (non-hydrogen) atoms. The molecule has 0 spiro atoms. The van der Waals surface area contributed by atoms with Crippen molar-refractivity contribution in [2.75, 3.05) is 18.4 Å². The van der Waals surface area contributed by atoms with Crippen molar-refractivity contribution >= 4 is 11.8 Å². The highest BCUT2D eigenvalue weighted by molar-refractivity contribution is 5.88. The average molecular weight is 389 g/mol. The summed E-state index contributed by atoms with van der Waals surface area (Å²) in [5.74, 6) is 6.86. The van der Waals surface area contributed by atoms with Crippen LogP contribution < -0.4 is 5.32 Å². The second-order valence-corrected chi connectivity index (χ2v) is 7.95. The Labute approximate surface area is 172 Å². The Morgan fingerprint density at radius 3 is 2.83 bits per heavy atom. The van der Waals surface area contributed by atoms with Gasteiger partial charge in [0.1, 0.15) is 5.82 Å². The van der Waals surface area contributed by atoms with Gasteiger partial charge in [-0.3, -0.25) is 5.32 Å². The van der Waals surface area contributed by atoms with Gasteiger partial charge in [-0.25, -0.2) is 9.78 Å². The monoisotopic (exact) mass is 389 g/mol. The van der Waals surface area contributed by atoms with Crippen molar-refractivity contribution in [3.8, 4) is 11.8 Å². The molecule has 0 unspecified atom stereocenters. The molecule has 1 aromatic heterocycles. The normalized spacial score (nSPS) is 16.8. The number of likely N-dealkylation sites (tertiary alicyclic amines) is 1. The molecule has 2 heterocycles. The van der Waals surface area contributed by atoms with E-state index in [4.69, 9.17) is 0 Å². The number of aliphatic hydroxyl groups excluding tert-OH is 1. The predicted octanol–water partition coefficient (Wildman–Crippen LogP) is 4.12. The van der Waals surface area contributed by atoms with Crippen molar-refractivity contribution in [3.63, 3.8) is 0 Å². The van der Waals surface area contributed by atoms with E-state index < -0.39 is 0 Å². The maximum absolute atomic E-state index is 12.6. The first-order chi connectivity index (χ1) is 13.9. The van der Waals surface area contributed by atoms with Gasteiger partial charge in [-0.1, -0.05) is 49.5 Å². The smallest absolute Gasteiger partial charge is 0.323 e. The fourth-order valence-corrected chi connectivity index (χ4v) is 3.45. The molecule has 3 rings (SSSR count). The molecular formula is C24H27N3O2. The van der Waals surface area contributed by atoms with Crippen LogP contribution in [0.3, 0.4) is 0 Å². The summed E-state index contributed by atoms with van der Waals surface area (Å²) in [5.41, 5.74) is 3.69. The number of carbonyl (C=O) groups excluding carboxylic acids is 1. The molecule has 1 saturated heterocycles. The number of piperidine rings is 1. The van der Waals surface area contributed by atoms with E-state index in [2.05, 4.69) is 36.0 Å². The number of aliphatic hydroxyl groups is 1. The molecule has 0 saturated carbocycles. The molecule has 0 radical (unpaired) electrons. The Morgan fingerprint density at radius 1 is 1.31 bits per heavy atom. The summed E-state index contributed by atoms with van der Waals surface area (Å²) in [7, 11) is 0. The number of benzene rings is 1. The number of pyridine rings is 1. The highest BCUT2D eigenvalue weighted by Crippen LogP contribution is 2.34. The van der Waals surface area contributed by atoms with Crippen LogP contribution >= 0.6 is 0 Å². The molecule has 0 aliphatic carbocycles. The van der Waals surface area contributed by atoms with Crippen molar-refractivity contribution in [2.45, 2.75) is 33.8 Å². The van der Waals surface area contributed by atoms with Crippen LogP contribution in [0.25, 0.3) is 0 Å². The zero-order valence-electron chi connectivity index (χ0n) is 17.2. The number of amides is 2. The third kappa shape index (κ3) is 5.46. The van der Waals surface area contributed by atoms with Crippen LogP contribution in [0.5, 0.6) is 0 Å². The minimum atomic E-state index is -0.156. The lowest BCUT2D eigenvalue weighted by molar-refractivity contribution is 0.172. The van der Waals surface area contributed by atoms with Crippen molar-refractivity contribution in [1.29, 1.82) is 0 Å². The Hall–Kier alpha value is -3.10. The molecule has 0 atom stereocenters. The number of allylic oxidation sites excluding steroid dienone is 1. The van der Waals surface area contributed by atoms with Crippen LogP contribution in [-0.4, -0.2) is 34.1 Å². The van der Waals surface area contributed by atoms with Gasteiger partial charge in [-0.15, -0.1) is 0 Å². The number of nitrogens with one attached hydrogen (secondary N) is 1. The number of hydrogen-bond donors (Lipinski definition) is 2. The van der Waals surface area contributed by atoms with Gasteiger partial charge in [0.25, 0.3) is 0 Å². The van der Waals surface area contributed by atoms with Gasteiger partial charge < -0.3 is 10.0 Å². The largest absolute Gasteiger partial charge is 0.392 e. The number of anilines is 1. The lowest BCUT2D eigenvalue weighted by Crippen LogP contribution is -2.46. The first-order valence-corrected chi connectivity index (χ1v) is 9.78. The Balaban J connectivity index is 1.66. The van der Waals surface area contributed by atoms with Crippen LogP contribution in [0.4, 0.5) is 10.6 Å². The maximum atomic E-state index is 12.6. The standard InChI is InChI=1S/C24H27N3O2/c1-18-7-4-12-22(25-18)26-23(29)27-14-13-21(24(2,3)17-27)11-6-9-19-8-5-10-20(15-19)16-28/h4-5,7-8,10-12,15,28H,13-14,16-17H2,1-3H3,(H,25,26,29)/b21-11+. The second-order valence-electron chi connectivity index (χ2n) is 7.95. The van der Waals surface area contributed by atoms with Crippen LogP contribution in [0.2, 0.25) is 0 Å². The lowest BCUT2D eigenvalue weighted by atomic mass is 9.79. The number of aromatic nitrogens is 1. The first-order valence-electron chi connectivity index (χ1n) is 9.78. The van der Waals surface area contributed by atoms with E-state index in [0.29, 0.717) is 18.9 Å². The number of rotatable bonds is 2. The minimum absolute atomic E-state index is 0.0135. The van der Waals surface area contributed by atoms with Gasteiger partial charge in [0, 0.05) is 29.8 Å². The van der Waals surface area contributed by atoms with E-state index in [0.717, 1.165) is 23.2 Å². The molecule has 2 amide bonds. The zero-order chi connectivity index (χ0) is 20.9. The van der Waals surface area contributed by atoms with Crippen LogP contribution in [0.15, 0.2) is 54.1 Å². The number of nitrogens with zero attached hydrogens (tertiary/aromatic N) is 2. The van der Waals surface area contributed by atoms with Gasteiger partial charge in [0.2, 0.25) is 0 Å². The van der Waals surface area contributed by atoms with Gasteiger partial charge in [0.15, 0.2) is 0 Å². The molecule has 150 valence electrons. The molecule has 5 nitrogen and oxygen atoms in total. The summed E-state index contributed by atoms with van der Waals surface area (Å²) in [6.45, 7) is 7.46. The van der Waals surface area contributed by atoms with Crippen molar-refractivity contribution < 1.29 is 9.90 Å². The molecule has 5 heteroatoms. The summed E-state index contributed by atoms with van der Waals surface area (Å²) in [5, 5.41) is 12.1. The SMILES string of the molecule is Cc1cccc(NC(=O)N2CC/C(=C\C#Cc3cccc(CO)c3)C(C)(C)C2)n1. The maximum Gasteiger partial charge on any atom is 0.323 e. The first kappa shape index (κ1) is 20.6. The molecule has 1 aromatic carbocycles. The number of carbonyl (C=O) groups is 1. The highest BCUT2D eigenvalue weighted by atomic mass is 16.3. The average Bonchev–Trinajstić information content (AvgIpc) is 2.69. The van der Waals surface area contributed by atoms with Gasteiger partial charge in [-0.2, -0.15) is 0 Å². The summed E-state index contributed by atoms with van der Waals surface area (Å²) in [4.78, 5) is 18.8. The third-order valence-electron chi connectivity index (χ3n) is 5.09. The van der Waals surface area contributed by atoms with Crippen LogP contribution in [-0.2, 0) is 6.61 Å². The van der Waals surface area contributed by atoms with Gasteiger partial charge >= 0.3 is 6.03 Å². The van der Waals surface area contributed by atoms with Gasteiger partial charge in [-0.05, 0) is 49.2 Å². The molecule has 1 fully saturated rings. The summed E-state index contributed by atoms with van der Waals surface area (Å²) < 4.78 is 0. The molecule has 0 bridgehead atoms. The minimum Gasteiger partial charge on any atom is -0.392 e. The number of hydrogen-bond acceptors (Lipinski definition) is 3. The molecule has 1 aliphatic heterocycles. The number of aryl methyl sites for hydroxylation is 1. The lowest BCUT2D eigenvalue weighted by Gasteiger charge is -2.40. The van der Waals surface area contributed by atoms with E-state index >= 15 is 0 Å². The van der Waals surface area contributed by atoms with Crippen molar-refractivity contribution in [1.82, 2.24) is 9.88 Å². The summed E-state index contributed by atoms with van der Waals surface area (Å²) >= 11 is 0. The van der Waals surface area contributed by atoms with E-state index in [1.54, 1.807) is 6.07 Å². The van der Waals surface area contributed by atoms with E-state index in [9.17, 15) is 9.90 Å². The topological polar surface area (TPSA) is 65.5 Å². The second kappa shape index (κ2) is 8.93. The summed E-state index contributed by atoms with van der Waals surface area (Å²) in [6.07, 6.45) is 2.76. The van der Waals surface area contributed by atoms with Gasteiger partial charge in [0.05, 0.1) is 6.61 Å². The quantitative estimate of drug-likeness (QED) is 0.759. The zero-order valence-corrected chi connectivity index (χ0v) is 17.2. The van der Waals surface area contributed by atoms with Crippen LogP contribution in [0, 0.1) is 24.2 Å². The highest BCUT2D eigenvalue weighted by Gasteiger charge is 2.33. The molecule has 2 N–H and O–H groups in total. The molecular weight excluding hydrogens is 362 g/mol. The third-order valence-corrected chi connectivity index (χ3v) is 5.09. The van der Waals surface area contributed by atoms with Crippen molar-refractivity contribution in [3.05, 3.63) is 70.9 Å². The molecule has 1 aliphatic rings. The van der Waals surface area contributed by atoms with E-state index in [1.165, 1.54) is 5.57 Å². The van der Waals surface area contributed by atoms with E-state index in [-0.39, 0.29) is 18.1 Å². The van der Waals surface area contributed by atoms with Crippen LogP contribution in [0.1, 0.15) is 37.1 Å². The Kier molecular flexibility index (Phi) is 6.36. The number of urea groups is 1. The predicted molar refractivity (Wildman–Crippen MR) is 115 cm³/mol. The van der Waals surface area contributed by atoms with Crippen molar-refractivity contribution in [2.24, 2.45) is 5.41 Å². The fourth-order valence-electron chi connectivity index (χ4n) is 3.45. The molecule has 2 aromatic rings.